The van der Waals surface area contributed by atoms with Crippen molar-refractivity contribution in [2.24, 2.45) is 0 Å². The first-order chi connectivity index (χ1) is 14.3. The Hall–Kier alpha value is -3.41. The van der Waals surface area contributed by atoms with Gasteiger partial charge in [-0.1, -0.05) is 29.8 Å². The first-order valence-corrected chi connectivity index (χ1v) is 10.9. The van der Waals surface area contributed by atoms with E-state index in [4.69, 9.17) is 21.6 Å². The largest absolute Gasteiger partial charge is 0.438 e. The number of nitrogens with zero attached hydrogens (tertiary/aromatic N) is 2. The second kappa shape index (κ2) is 8.95. The minimum atomic E-state index is -3.46. The van der Waals surface area contributed by atoms with Gasteiger partial charge < -0.3 is 10.1 Å². The van der Waals surface area contributed by atoms with Gasteiger partial charge in [0.1, 0.15) is 10.6 Å². The van der Waals surface area contributed by atoms with Crippen LogP contribution in [0, 0.1) is 11.3 Å². The molecule has 0 atom stereocenters. The Morgan fingerprint density at radius 2 is 1.97 bits per heavy atom. The molecule has 0 fully saturated rings. The molecule has 1 amide bonds. The molecule has 0 saturated carbocycles. The molecule has 152 valence electrons. The normalized spacial score (nSPS) is 10.8. The number of carbonyl (C=O) groups excluding carboxylic acids is 1. The molecule has 0 radical (unpaired) electrons. The fourth-order valence-corrected chi connectivity index (χ4v) is 3.61. The first kappa shape index (κ1) is 21.3. The standard InChI is InChI=1S/C21H16ClN3O4S/c1-30(27,28)19-5-3-2-4-18(19)29-20-9-8-16(13-24-20)21(26)25-12-15-7-6-14(11-23)10-17(15)22/h2-10,13H,12H2,1H3,(H,25,26). The summed E-state index contributed by atoms with van der Waals surface area (Å²) in [4.78, 5) is 16.5. The number of carbonyl (C=O) groups is 1. The number of aromatic nitrogens is 1. The third kappa shape index (κ3) is 5.14. The molecule has 1 heterocycles. The van der Waals surface area contributed by atoms with Gasteiger partial charge in [-0.15, -0.1) is 0 Å². The molecule has 7 nitrogen and oxygen atoms in total. The number of halogens is 1. The van der Waals surface area contributed by atoms with Crippen LogP contribution in [-0.4, -0.2) is 25.6 Å². The summed E-state index contributed by atoms with van der Waals surface area (Å²) in [7, 11) is -3.46. The smallest absolute Gasteiger partial charge is 0.253 e. The summed E-state index contributed by atoms with van der Waals surface area (Å²) in [6.45, 7) is 0.184. The molecule has 1 aromatic heterocycles. The maximum Gasteiger partial charge on any atom is 0.253 e. The van der Waals surface area contributed by atoms with Crippen LogP contribution in [0.5, 0.6) is 11.6 Å². The van der Waals surface area contributed by atoms with Gasteiger partial charge in [-0.05, 0) is 35.9 Å². The van der Waals surface area contributed by atoms with E-state index in [1.807, 2.05) is 6.07 Å². The summed E-state index contributed by atoms with van der Waals surface area (Å²) >= 11 is 6.11. The number of ether oxygens (including phenoxy) is 1. The van der Waals surface area contributed by atoms with Gasteiger partial charge in [0.25, 0.3) is 5.91 Å². The Labute approximate surface area is 178 Å². The highest BCUT2D eigenvalue weighted by atomic mass is 35.5. The minimum Gasteiger partial charge on any atom is -0.438 e. The highest BCUT2D eigenvalue weighted by molar-refractivity contribution is 7.90. The van der Waals surface area contributed by atoms with Gasteiger partial charge in [0.2, 0.25) is 5.88 Å². The van der Waals surface area contributed by atoms with Crippen LogP contribution >= 0.6 is 11.6 Å². The quantitative estimate of drug-likeness (QED) is 0.624. The third-order valence-electron chi connectivity index (χ3n) is 4.08. The van der Waals surface area contributed by atoms with E-state index in [2.05, 4.69) is 10.3 Å². The van der Waals surface area contributed by atoms with Crippen LogP contribution in [0.3, 0.4) is 0 Å². The number of hydrogen-bond acceptors (Lipinski definition) is 6. The summed E-state index contributed by atoms with van der Waals surface area (Å²) in [6, 6.07) is 16.0. The van der Waals surface area contributed by atoms with Crippen molar-refractivity contribution in [2.45, 2.75) is 11.4 Å². The Morgan fingerprint density at radius 3 is 2.60 bits per heavy atom. The maximum absolute atomic E-state index is 12.3. The summed E-state index contributed by atoms with van der Waals surface area (Å²) in [5.41, 5.74) is 1.41. The molecular weight excluding hydrogens is 426 g/mol. The molecular formula is C21H16ClN3O4S. The maximum atomic E-state index is 12.3. The van der Waals surface area contributed by atoms with E-state index in [1.165, 1.54) is 36.5 Å². The molecule has 0 aliphatic rings. The van der Waals surface area contributed by atoms with Crippen LogP contribution in [0.15, 0.2) is 65.7 Å². The molecule has 9 heteroatoms. The average molecular weight is 442 g/mol. The number of hydrogen-bond donors (Lipinski definition) is 1. The third-order valence-corrected chi connectivity index (χ3v) is 5.57. The Morgan fingerprint density at radius 1 is 1.20 bits per heavy atom. The summed E-state index contributed by atoms with van der Waals surface area (Å²) in [6.07, 6.45) is 2.42. The minimum absolute atomic E-state index is 0.0490. The number of nitrogens with one attached hydrogen (secondary N) is 1. The number of benzene rings is 2. The number of pyridine rings is 1. The predicted molar refractivity (Wildman–Crippen MR) is 111 cm³/mol. The lowest BCUT2D eigenvalue weighted by molar-refractivity contribution is 0.0950. The monoisotopic (exact) mass is 441 g/mol. The molecule has 0 spiro atoms. The Kier molecular flexibility index (Phi) is 6.35. The zero-order valence-electron chi connectivity index (χ0n) is 15.8. The number of para-hydroxylation sites is 1. The van der Waals surface area contributed by atoms with Crippen LogP contribution in [-0.2, 0) is 16.4 Å². The van der Waals surface area contributed by atoms with E-state index < -0.39 is 9.84 Å². The summed E-state index contributed by atoms with van der Waals surface area (Å²) in [5, 5.41) is 12.0. The first-order valence-electron chi connectivity index (χ1n) is 8.67. The molecule has 1 N–H and O–H groups in total. The van der Waals surface area contributed by atoms with Crippen LogP contribution in [0.1, 0.15) is 21.5 Å². The van der Waals surface area contributed by atoms with Crippen LogP contribution in [0.4, 0.5) is 0 Å². The van der Waals surface area contributed by atoms with Crippen molar-refractivity contribution >= 4 is 27.3 Å². The molecule has 0 bridgehead atoms. The van der Waals surface area contributed by atoms with Crippen molar-refractivity contribution in [3.05, 3.63) is 82.5 Å². The number of nitriles is 1. The van der Waals surface area contributed by atoms with E-state index in [0.29, 0.717) is 21.7 Å². The van der Waals surface area contributed by atoms with Gasteiger partial charge in [-0.3, -0.25) is 4.79 Å². The van der Waals surface area contributed by atoms with Crippen LogP contribution < -0.4 is 10.1 Å². The lowest BCUT2D eigenvalue weighted by Gasteiger charge is -2.10. The van der Waals surface area contributed by atoms with E-state index in [9.17, 15) is 13.2 Å². The molecule has 0 aliphatic heterocycles. The fraction of sp³-hybridized carbons (Fsp3) is 0.0952. The fourth-order valence-electron chi connectivity index (χ4n) is 2.57. The molecule has 0 unspecified atom stereocenters. The van der Waals surface area contributed by atoms with Crippen molar-refractivity contribution in [2.75, 3.05) is 6.26 Å². The van der Waals surface area contributed by atoms with E-state index in [1.54, 1.807) is 24.3 Å². The number of sulfone groups is 1. The lowest BCUT2D eigenvalue weighted by atomic mass is 10.1. The van der Waals surface area contributed by atoms with Crippen molar-refractivity contribution in [1.82, 2.24) is 10.3 Å². The van der Waals surface area contributed by atoms with Gasteiger partial charge in [0, 0.05) is 30.1 Å². The molecule has 0 aliphatic carbocycles. The van der Waals surface area contributed by atoms with Crippen molar-refractivity contribution in [3.63, 3.8) is 0 Å². The average Bonchev–Trinajstić information content (AvgIpc) is 2.72. The highest BCUT2D eigenvalue weighted by Gasteiger charge is 2.15. The molecule has 0 saturated heterocycles. The Bertz CT molecular complexity index is 1240. The summed E-state index contributed by atoms with van der Waals surface area (Å²) in [5.74, 6) is -0.0658. The van der Waals surface area contributed by atoms with Gasteiger partial charge in [-0.2, -0.15) is 5.26 Å². The molecule has 2 aromatic carbocycles. The molecule has 3 aromatic rings. The zero-order chi connectivity index (χ0) is 21.7. The van der Waals surface area contributed by atoms with Crippen LogP contribution in [0.25, 0.3) is 0 Å². The van der Waals surface area contributed by atoms with Gasteiger partial charge in [0.15, 0.2) is 9.84 Å². The van der Waals surface area contributed by atoms with E-state index in [0.717, 1.165) is 6.26 Å². The van der Waals surface area contributed by atoms with Gasteiger partial charge in [0.05, 0.1) is 17.2 Å². The second-order valence-electron chi connectivity index (χ2n) is 6.31. The molecule has 3 rings (SSSR count). The van der Waals surface area contributed by atoms with E-state index in [-0.39, 0.29) is 29.0 Å². The van der Waals surface area contributed by atoms with E-state index >= 15 is 0 Å². The lowest BCUT2D eigenvalue weighted by Crippen LogP contribution is -2.23. The second-order valence-corrected chi connectivity index (χ2v) is 8.70. The summed E-state index contributed by atoms with van der Waals surface area (Å²) < 4.78 is 29.3. The van der Waals surface area contributed by atoms with Gasteiger partial charge >= 0.3 is 0 Å². The van der Waals surface area contributed by atoms with Crippen molar-refractivity contribution in [1.29, 1.82) is 5.26 Å². The topological polar surface area (TPSA) is 109 Å². The number of amides is 1. The van der Waals surface area contributed by atoms with Crippen molar-refractivity contribution in [3.8, 4) is 17.7 Å². The SMILES string of the molecule is CS(=O)(=O)c1ccccc1Oc1ccc(C(=O)NCc2ccc(C#N)cc2Cl)cn1. The Balaban J connectivity index is 1.68. The van der Waals surface area contributed by atoms with Crippen molar-refractivity contribution < 1.29 is 17.9 Å². The zero-order valence-corrected chi connectivity index (χ0v) is 17.4. The van der Waals surface area contributed by atoms with Gasteiger partial charge in [-0.25, -0.2) is 13.4 Å². The molecule has 30 heavy (non-hydrogen) atoms. The predicted octanol–water partition coefficient (Wildman–Crippen LogP) is 3.73. The number of rotatable bonds is 6. The highest BCUT2D eigenvalue weighted by Crippen LogP contribution is 2.27. The van der Waals surface area contributed by atoms with Crippen LogP contribution in [0.2, 0.25) is 5.02 Å².